The van der Waals surface area contributed by atoms with Gasteiger partial charge in [-0.2, -0.15) is 0 Å². The van der Waals surface area contributed by atoms with Crippen LogP contribution in [0.25, 0.3) is 0 Å². The lowest BCUT2D eigenvalue weighted by molar-refractivity contribution is 0.409. The number of rotatable bonds is 5. The molecule has 0 saturated carbocycles. The normalized spacial score (nSPS) is 20.9. The Morgan fingerprint density at radius 1 is 1.50 bits per heavy atom. The van der Waals surface area contributed by atoms with Crippen molar-refractivity contribution in [3.8, 4) is 5.75 Å². The molecule has 1 aliphatic rings. The van der Waals surface area contributed by atoms with Gasteiger partial charge < -0.3 is 15.8 Å². The summed E-state index contributed by atoms with van der Waals surface area (Å²) in [5.74, 6) is 1.70. The predicted molar refractivity (Wildman–Crippen MR) is 74.9 cm³/mol. The minimum absolute atomic E-state index is 0.145. The number of methoxy groups -OCH3 is 1. The van der Waals surface area contributed by atoms with Crippen LogP contribution in [0.4, 0.5) is 0 Å². The summed E-state index contributed by atoms with van der Waals surface area (Å²) >= 11 is 0. The second-order valence-corrected chi connectivity index (χ2v) is 5.13. The summed E-state index contributed by atoms with van der Waals surface area (Å²) in [4.78, 5) is 0. The van der Waals surface area contributed by atoms with Crippen molar-refractivity contribution in [2.45, 2.75) is 32.2 Å². The van der Waals surface area contributed by atoms with Gasteiger partial charge in [-0.05, 0) is 55.5 Å². The molecule has 0 aliphatic carbocycles. The van der Waals surface area contributed by atoms with Crippen molar-refractivity contribution in [2.24, 2.45) is 11.7 Å². The number of aryl methyl sites for hydroxylation is 1. The van der Waals surface area contributed by atoms with E-state index in [1.807, 2.05) is 6.07 Å². The second-order valence-electron chi connectivity index (χ2n) is 5.13. The van der Waals surface area contributed by atoms with Gasteiger partial charge in [-0.15, -0.1) is 0 Å². The van der Waals surface area contributed by atoms with Crippen molar-refractivity contribution in [3.05, 3.63) is 29.3 Å². The molecule has 0 amide bonds. The summed E-state index contributed by atoms with van der Waals surface area (Å²) in [6.07, 6.45) is 3.31. The summed E-state index contributed by atoms with van der Waals surface area (Å²) in [6.45, 7) is 4.40. The number of benzene rings is 1. The standard InChI is InChI=1S/C15H24N2O/c1-3-12-9-13(4-5-15(12)18-2)14(16)8-11-6-7-17-10-11/h4-5,9,11,14,17H,3,6-8,10,16H2,1-2H3. The number of ether oxygens (including phenoxy) is 1. The van der Waals surface area contributed by atoms with E-state index >= 15 is 0 Å². The quantitative estimate of drug-likeness (QED) is 0.840. The molecule has 1 fully saturated rings. The largest absolute Gasteiger partial charge is 0.496 e. The van der Waals surface area contributed by atoms with Gasteiger partial charge in [0.25, 0.3) is 0 Å². The minimum atomic E-state index is 0.145. The summed E-state index contributed by atoms with van der Waals surface area (Å²) in [5.41, 5.74) is 8.80. The first-order chi connectivity index (χ1) is 8.74. The van der Waals surface area contributed by atoms with Crippen LogP contribution in [-0.4, -0.2) is 20.2 Å². The topological polar surface area (TPSA) is 47.3 Å². The zero-order chi connectivity index (χ0) is 13.0. The lowest BCUT2D eigenvalue weighted by atomic mass is 9.93. The van der Waals surface area contributed by atoms with Crippen molar-refractivity contribution in [1.29, 1.82) is 0 Å². The zero-order valence-corrected chi connectivity index (χ0v) is 11.4. The van der Waals surface area contributed by atoms with Gasteiger partial charge >= 0.3 is 0 Å². The lowest BCUT2D eigenvalue weighted by Crippen LogP contribution is -2.17. The van der Waals surface area contributed by atoms with Crippen LogP contribution in [0.1, 0.15) is 36.9 Å². The summed E-state index contributed by atoms with van der Waals surface area (Å²) in [5, 5.41) is 3.39. The van der Waals surface area contributed by atoms with Crippen LogP contribution in [0.15, 0.2) is 18.2 Å². The SMILES string of the molecule is CCc1cc(C(N)CC2CCNC2)ccc1OC. The maximum absolute atomic E-state index is 6.32. The summed E-state index contributed by atoms with van der Waals surface area (Å²) in [6, 6.07) is 6.49. The van der Waals surface area contributed by atoms with Gasteiger partial charge in [-0.1, -0.05) is 19.1 Å². The fourth-order valence-electron chi connectivity index (χ4n) is 2.72. The van der Waals surface area contributed by atoms with Gasteiger partial charge in [-0.3, -0.25) is 0 Å². The molecule has 0 bridgehead atoms. The Hall–Kier alpha value is -1.06. The fourth-order valence-corrected chi connectivity index (χ4v) is 2.72. The van der Waals surface area contributed by atoms with Crippen LogP contribution in [0, 0.1) is 5.92 Å². The molecule has 2 unspecified atom stereocenters. The minimum Gasteiger partial charge on any atom is -0.496 e. The zero-order valence-electron chi connectivity index (χ0n) is 11.4. The van der Waals surface area contributed by atoms with Crippen molar-refractivity contribution in [1.82, 2.24) is 5.32 Å². The Labute approximate surface area is 110 Å². The van der Waals surface area contributed by atoms with E-state index in [-0.39, 0.29) is 6.04 Å². The third kappa shape index (κ3) is 3.03. The van der Waals surface area contributed by atoms with E-state index in [1.54, 1.807) is 7.11 Å². The molecule has 1 heterocycles. The molecule has 0 radical (unpaired) electrons. The molecule has 3 nitrogen and oxygen atoms in total. The molecule has 3 N–H and O–H groups in total. The number of hydrogen-bond donors (Lipinski definition) is 2. The molecule has 100 valence electrons. The van der Waals surface area contributed by atoms with Crippen molar-refractivity contribution in [2.75, 3.05) is 20.2 Å². The van der Waals surface area contributed by atoms with Crippen molar-refractivity contribution in [3.63, 3.8) is 0 Å². The average molecular weight is 248 g/mol. The molecule has 1 aromatic rings. The van der Waals surface area contributed by atoms with E-state index in [9.17, 15) is 0 Å². The van der Waals surface area contributed by atoms with E-state index in [1.165, 1.54) is 17.5 Å². The Morgan fingerprint density at radius 2 is 2.33 bits per heavy atom. The predicted octanol–water partition coefficient (Wildman–Crippen LogP) is 2.26. The van der Waals surface area contributed by atoms with E-state index in [4.69, 9.17) is 10.5 Å². The maximum Gasteiger partial charge on any atom is 0.122 e. The van der Waals surface area contributed by atoms with Crippen LogP contribution in [0.5, 0.6) is 5.75 Å². The Balaban J connectivity index is 2.06. The molecule has 18 heavy (non-hydrogen) atoms. The summed E-state index contributed by atoms with van der Waals surface area (Å²) < 4.78 is 5.35. The maximum atomic E-state index is 6.32. The number of nitrogens with one attached hydrogen (secondary N) is 1. The molecular weight excluding hydrogens is 224 g/mol. The fraction of sp³-hybridized carbons (Fsp3) is 0.600. The highest BCUT2D eigenvalue weighted by Gasteiger charge is 2.19. The smallest absolute Gasteiger partial charge is 0.122 e. The van der Waals surface area contributed by atoms with E-state index in [0.717, 1.165) is 37.6 Å². The highest BCUT2D eigenvalue weighted by atomic mass is 16.5. The van der Waals surface area contributed by atoms with Gasteiger partial charge in [0, 0.05) is 6.04 Å². The van der Waals surface area contributed by atoms with Crippen LogP contribution >= 0.6 is 0 Å². The van der Waals surface area contributed by atoms with Gasteiger partial charge in [0.2, 0.25) is 0 Å². The molecule has 1 aromatic carbocycles. The Morgan fingerprint density at radius 3 is 2.94 bits per heavy atom. The molecule has 0 spiro atoms. The average Bonchev–Trinajstić information content (AvgIpc) is 2.90. The number of nitrogens with two attached hydrogens (primary N) is 1. The van der Waals surface area contributed by atoms with E-state index in [0.29, 0.717) is 0 Å². The molecule has 3 heteroatoms. The Bertz CT molecular complexity index is 386. The van der Waals surface area contributed by atoms with Crippen molar-refractivity contribution >= 4 is 0 Å². The molecular formula is C15H24N2O. The van der Waals surface area contributed by atoms with Crippen LogP contribution in [0.3, 0.4) is 0 Å². The first-order valence-electron chi connectivity index (χ1n) is 6.87. The molecule has 1 saturated heterocycles. The Kier molecular flexibility index (Phi) is 4.61. The van der Waals surface area contributed by atoms with E-state index in [2.05, 4.69) is 24.4 Å². The highest BCUT2D eigenvalue weighted by Crippen LogP contribution is 2.27. The monoisotopic (exact) mass is 248 g/mol. The van der Waals surface area contributed by atoms with Gasteiger partial charge in [-0.25, -0.2) is 0 Å². The molecule has 1 aliphatic heterocycles. The van der Waals surface area contributed by atoms with Gasteiger partial charge in [0.05, 0.1) is 7.11 Å². The van der Waals surface area contributed by atoms with Gasteiger partial charge in [0.15, 0.2) is 0 Å². The lowest BCUT2D eigenvalue weighted by Gasteiger charge is -2.18. The van der Waals surface area contributed by atoms with Crippen LogP contribution in [0.2, 0.25) is 0 Å². The third-order valence-electron chi connectivity index (χ3n) is 3.86. The third-order valence-corrected chi connectivity index (χ3v) is 3.86. The van der Waals surface area contributed by atoms with Crippen molar-refractivity contribution < 1.29 is 4.74 Å². The van der Waals surface area contributed by atoms with E-state index < -0.39 is 0 Å². The van der Waals surface area contributed by atoms with Crippen LogP contribution < -0.4 is 15.8 Å². The highest BCUT2D eigenvalue weighted by molar-refractivity contribution is 5.38. The number of hydrogen-bond acceptors (Lipinski definition) is 3. The molecule has 2 rings (SSSR count). The molecule has 0 aromatic heterocycles. The van der Waals surface area contributed by atoms with Crippen LogP contribution in [-0.2, 0) is 6.42 Å². The second kappa shape index (κ2) is 6.21. The first-order valence-corrected chi connectivity index (χ1v) is 6.87. The first kappa shape index (κ1) is 13.4. The summed E-state index contributed by atoms with van der Waals surface area (Å²) in [7, 11) is 1.72. The van der Waals surface area contributed by atoms with Gasteiger partial charge in [0.1, 0.15) is 5.75 Å². The molecule has 2 atom stereocenters.